The topological polar surface area (TPSA) is 81.4 Å². The summed E-state index contributed by atoms with van der Waals surface area (Å²) >= 11 is 0. The lowest BCUT2D eigenvalue weighted by molar-refractivity contribution is 0.414. The van der Waals surface area contributed by atoms with E-state index in [0.29, 0.717) is 18.7 Å². The minimum absolute atomic E-state index is 0.0198. The first kappa shape index (κ1) is 14.0. The SMILES string of the molecule is COc1ccc(S(=O)(=O)NCCC(C)N)cc1. The Kier molecular flexibility index (Phi) is 4.92. The first-order valence-electron chi connectivity index (χ1n) is 5.35. The Morgan fingerprint density at radius 1 is 1.35 bits per heavy atom. The first-order chi connectivity index (χ1) is 7.95. The molecule has 1 atom stereocenters. The molecule has 0 saturated heterocycles. The summed E-state index contributed by atoms with van der Waals surface area (Å²) in [5.41, 5.74) is 5.55. The predicted molar refractivity (Wildman–Crippen MR) is 66.4 cm³/mol. The van der Waals surface area contributed by atoms with E-state index in [1.807, 2.05) is 6.92 Å². The van der Waals surface area contributed by atoms with Gasteiger partial charge in [0.2, 0.25) is 10.0 Å². The van der Waals surface area contributed by atoms with Crippen LogP contribution < -0.4 is 15.2 Å². The van der Waals surface area contributed by atoms with Crippen molar-refractivity contribution in [3.8, 4) is 5.75 Å². The molecule has 1 aromatic rings. The van der Waals surface area contributed by atoms with Crippen LogP contribution in [0.15, 0.2) is 29.2 Å². The van der Waals surface area contributed by atoms with Gasteiger partial charge in [-0.25, -0.2) is 13.1 Å². The third kappa shape index (κ3) is 4.33. The monoisotopic (exact) mass is 258 g/mol. The van der Waals surface area contributed by atoms with E-state index in [4.69, 9.17) is 10.5 Å². The second-order valence-corrected chi connectivity index (χ2v) is 5.61. The van der Waals surface area contributed by atoms with Gasteiger partial charge in [0.05, 0.1) is 12.0 Å². The number of methoxy groups -OCH3 is 1. The molecule has 0 spiro atoms. The van der Waals surface area contributed by atoms with Gasteiger partial charge in [-0.1, -0.05) is 0 Å². The second kappa shape index (κ2) is 6.00. The highest BCUT2D eigenvalue weighted by Crippen LogP contribution is 2.15. The lowest BCUT2D eigenvalue weighted by atomic mass is 10.3. The Balaban J connectivity index is 2.68. The number of hydrogen-bond donors (Lipinski definition) is 2. The van der Waals surface area contributed by atoms with Crippen LogP contribution >= 0.6 is 0 Å². The molecule has 17 heavy (non-hydrogen) atoms. The van der Waals surface area contributed by atoms with Crippen LogP contribution in [0.3, 0.4) is 0 Å². The van der Waals surface area contributed by atoms with Gasteiger partial charge in [-0.15, -0.1) is 0 Å². The van der Waals surface area contributed by atoms with Crippen LogP contribution in [0, 0.1) is 0 Å². The summed E-state index contributed by atoms with van der Waals surface area (Å²) in [5, 5.41) is 0. The van der Waals surface area contributed by atoms with Gasteiger partial charge >= 0.3 is 0 Å². The summed E-state index contributed by atoms with van der Waals surface area (Å²) in [6.07, 6.45) is 0.607. The fraction of sp³-hybridized carbons (Fsp3) is 0.455. The van der Waals surface area contributed by atoms with Gasteiger partial charge in [0.25, 0.3) is 0 Å². The van der Waals surface area contributed by atoms with E-state index in [-0.39, 0.29) is 10.9 Å². The van der Waals surface area contributed by atoms with Crippen molar-refractivity contribution in [2.75, 3.05) is 13.7 Å². The Bertz CT molecular complexity index is 440. The minimum Gasteiger partial charge on any atom is -0.497 e. The highest BCUT2D eigenvalue weighted by atomic mass is 32.2. The van der Waals surface area contributed by atoms with Gasteiger partial charge in [-0.3, -0.25) is 0 Å². The van der Waals surface area contributed by atoms with E-state index in [1.54, 1.807) is 12.1 Å². The van der Waals surface area contributed by atoms with E-state index < -0.39 is 10.0 Å². The molecule has 0 saturated carbocycles. The van der Waals surface area contributed by atoms with Crippen molar-refractivity contribution >= 4 is 10.0 Å². The molecular weight excluding hydrogens is 240 g/mol. The molecule has 0 heterocycles. The van der Waals surface area contributed by atoms with Crippen molar-refractivity contribution in [1.29, 1.82) is 0 Å². The molecule has 0 amide bonds. The van der Waals surface area contributed by atoms with Crippen LogP contribution in [-0.4, -0.2) is 28.1 Å². The number of rotatable bonds is 6. The molecule has 1 aromatic carbocycles. The summed E-state index contributed by atoms with van der Waals surface area (Å²) in [7, 11) is -1.91. The van der Waals surface area contributed by atoms with Gasteiger partial charge in [0.1, 0.15) is 5.75 Å². The number of nitrogens with two attached hydrogens (primary N) is 1. The highest BCUT2D eigenvalue weighted by Gasteiger charge is 2.13. The molecule has 0 radical (unpaired) electrons. The Morgan fingerprint density at radius 3 is 2.41 bits per heavy atom. The third-order valence-electron chi connectivity index (χ3n) is 2.26. The van der Waals surface area contributed by atoms with E-state index in [2.05, 4.69) is 4.72 Å². The maximum absolute atomic E-state index is 11.8. The van der Waals surface area contributed by atoms with Crippen LogP contribution in [0.1, 0.15) is 13.3 Å². The first-order valence-corrected chi connectivity index (χ1v) is 6.83. The summed E-state index contributed by atoms with van der Waals surface area (Å²) in [6.45, 7) is 2.17. The highest BCUT2D eigenvalue weighted by molar-refractivity contribution is 7.89. The van der Waals surface area contributed by atoms with E-state index in [0.717, 1.165) is 0 Å². The van der Waals surface area contributed by atoms with E-state index in [9.17, 15) is 8.42 Å². The number of sulfonamides is 1. The van der Waals surface area contributed by atoms with Crippen molar-refractivity contribution < 1.29 is 13.2 Å². The molecule has 6 heteroatoms. The van der Waals surface area contributed by atoms with Gasteiger partial charge in [-0.05, 0) is 37.6 Å². The van der Waals surface area contributed by atoms with Crippen molar-refractivity contribution in [1.82, 2.24) is 4.72 Å². The number of benzene rings is 1. The summed E-state index contributed by atoms with van der Waals surface area (Å²) in [5.74, 6) is 0.625. The van der Waals surface area contributed by atoms with Crippen molar-refractivity contribution in [3.63, 3.8) is 0 Å². The molecule has 0 aliphatic carbocycles. The van der Waals surface area contributed by atoms with Gasteiger partial charge in [0, 0.05) is 12.6 Å². The van der Waals surface area contributed by atoms with E-state index in [1.165, 1.54) is 19.2 Å². The molecule has 0 aromatic heterocycles. The van der Waals surface area contributed by atoms with Crippen molar-refractivity contribution in [2.45, 2.75) is 24.3 Å². The summed E-state index contributed by atoms with van der Waals surface area (Å²) in [4.78, 5) is 0.225. The largest absolute Gasteiger partial charge is 0.497 e. The zero-order valence-corrected chi connectivity index (χ0v) is 10.8. The minimum atomic E-state index is -3.44. The van der Waals surface area contributed by atoms with Crippen molar-refractivity contribution in [2.24, 2.45) is 5.73 Å². The van der Waals surface area contributed by atoms with Crippen LogP contribution in [0.5, 0.6) is 5.75 Å². The zero-order valence-electron chi connectivity index (χ0n) is 10.0. The Labute approximate surface area is 102 Å². The molecule has 0 bridgehead atoms. The lowest BCUT2D eigenvalue weighted by Crippen LogP contribution is -2.29. The van der Waals surface area contributed by atoms with Crippen molar-refractivity contribution in [3.05, 3.63) is 24.3 Å². The standard InChI is InChI=1S/C11H18N2O3S/c1-9(12)7-8-13-17(14,15)11-5-3-10(16-2)4-6-11/h3-6,9,13H,7-8,12H2,1-2H3. The lowest BCUT2D eigenvalue weighted by Gasteiger charge is -2.08. The summed E-state index contributed by atoms with van der Waals surface area (Å²) in [6, 6.07) is 6.22. The maximum Gasteiger partial charge on any atom is 0.240 e. The quantitative estimate of drug-likeness (QED) is 0.787. The molecule has 0 aliphatic rings. The molecule has 96 valence electrons. The number of hydrogen-bond acceptors (Lipinski definition) is 4. The molecule has 0 fully saturated rings. The van der Waals surface area contributed by atoms with E-state index >= 15 is 0 Å². The third-order valence-corrected chi connectivity index (χ3v) is 3.74. The normalized spacial score (nSPS) is 13.4. The van der Waals surface area contributed by atoms with Crippen LogP contribution in [0.4, 0.5) is 0 Å². The second-order valence-electron chi connectivity index (χ2n) is 3.84. The number of nitrogens with one attached hydrogen (secondary N) is 1. The fourth-order valence-corrected chi connectivity index (χ4v) is 2.31. The molecular formula is C11H18N2O3S. The molecule has 1 rings (SSSR count). The number of ether oxygens (including phenoxy) is 1. The van der Waals surface area contributed by atoms with Gasteiger partial charge < -0.3 is 10.5 Å². The predicted octanol–water partition coefficient (Wildman–Crippen LogP) is 0.711. The van der Waals surface area contributed by atoms with Crippen LogP contribution in [0.25, 0.3) is 0 Å². The van der Waals surface area contributed by atoms with Crippen LogP contribution in [0.2, 0.25) is 0 Å². The molecule has 1 unspecified atom stereocenters. The fourth-order valence-electron chi connectivity index (χ4n) is 1.26. The zero-order chi connectivity index (χ0) is 12.9. The molecule has 3 N–H and O–H groups in total. The summed E-state index contributed by atoms with van der Waals surface area (Å²) < 4.78 is 31.1. The van der Waals surface area contributed by atoms with Crippen LogP contribution in [-0.2, 0) is 10.0 Å². The maximum atomic E-state index is 11.8. The molecule has 5 nitrogen and oxygen atoms in total. The average molecular weight is 258 g/mol. The molecule has 0 aliphatic heterocycles. The smallest absolute Gasteiger partial charge is 0.240 e. The van der Waals surface area contributed by atoms with Gasteiger partial charge in [-0.2, -0.15) is 0 Å². The van der Waals surface area contributed by atoms with Gasteiger partial charge in [0.15, 0.2) is 0 Å². The Morgan fingerprint density at radius 2 is 1.94 bits per heavy atom. The average Bonchev–Trinajstić information content (AvgIpc) is 2.28. The Hall–Kier alpha value is -1.11.